The number of benzene rings is 1. The molecule has 0 atom stereocenters. The van der Waals surface area contributed by atoms with Gasteiger partial charge in [-0.2, -0.15) is 5.26 Å². The van der Waals surface area contributed by atoms with E-state index in [1.165, 1.54) is 0 Å². The lowest BCUT2D eigenvalue weighted by Crippen LogP contribution is -2.28. The van der Waals surface area contributed by atoms with E-state index in [2.05, 4.69) is 15.9 Å². The number of nitriles is 1. The molecule has 2 rings (SSSR count). The van der Waals surface area contributed by atoms with Gasteiger partial charge in [-0.1, -0.05) is 28.1 Å². The van der Waals surface area contributed by atoms with Gasteiger partial charge in [-0.3, -0.25) is 14.5 Å². The number of hydrogen-bond acceptors (Lipinski definition) is 4. The molecule has 4 nitrogen and oxygen atoms in total. The van der Waals surface area contributed by atoms with Gasteiger partial charge in [0.05, 0.1) is 17.4 Å². The molecule has 1 aromatic carbocycles. The van der Waals surface area contributed by atoms with Gasteiger partial charge in [0.25, 0.3) is 11.1 Å². The number of thioether (sulfide) groups is 1. The standard InChI is InChI=1S/C13H9BrN2O2S/c14-10-4-1-3-9(7-10)8-11-12(17)16(6-2-5-15)13(18)19-11/h1,3-4,7-8H,2,6H2/b11-8+. The molecule has 0 spiro atoms. The first-order chi connectivity index (χ1) is 9.11. The minimum atomic E-state index is -0.328. The zero-order chi connectivity index (χ0) is 13.8. The van der Waals surface area contributed by atoms with Gasteiger partial charge in [-0.25, -0.2) is 0 Å². The van der Waals surface area contributed by atoms with Gasteiger partial charge in [0.15, 0.2) is 0 Å². The summed E-state index contributed by atoms with van der Waals surface area (Å²) in [7, 11) is 0. The lowest BCUT2D eigenvalue weighted by atomic mass is 10.2. The fraction of sp³-hybridized carbons (Fsp3) is 0.154. The van der Waals surface area contributed by atoms with E-state index in [-0.39, 0.29) is 24.1 Å². The summed E-state index contributed by atoms with van der Waals surface area (Å²) in [6, 6.07) is 9.39. The predicted molar refractivity (Wildman–Crippen MR) is 77.0 cm³/mol. The zero-order valence-electron chi connectivity index (χ0n) is 9.80. The molecule has 0 unspecified atom stereocenters. The summed E-state index contributed by atoms with van der Waals surface area (Å²) in [6.45, 7) is 0.150. The van der Waals surface area contributed by atoms with E-state index >= 15 is 0 Å². The number of rotatable bonds is 3. The van der Waals surface area contributed by atoms with E-state index in [9.17, 15) is 9.59 Å². The second kappa shape index (κ2) is 6.04. The Morgan fingerprint density at radius 2 is 2.21 bits per heavy atom. The van der Waals surface area contributed by atoms with E-state index in [1.54, 1.807) is 6.08 Å². The third-order valence-electron chi connectivity index (χ3n) is 2.47. The molecule has 6 heteroatoms. The van der Waals surface area contributed by atoms with Crippen LogP contribution in [0.3, 0.4) is 0 Å². The molecular formula is C13H9BrN2O2S. The number of carbonyl (C=O) groups excluding carboxylic acids is 2. The molecule has 19 heavy (non-hydrogen) atoms. The van der Waals surface area contributed by atoms with Crippen molar-refractivity contribution < 1.29 is 9.59 Å². The monoisotopic (exact) mass is 336 g/mol. The lowest BCUT2D eigenvalue weighted by Gasteiger charge is -2.08. The van der Waals surface area contributed by atoms with Crippen LogP contribution in [0, 0.1) is 11.3 Å². The summed E-state index contributed by atoms with van der Waals surface area (Å²) >= 11 is 4.26. The molecule has 96 valence electrons. The topological polar surface area (TPSA) is 61.2 Å². The van der Waals surface area contributed by atoms with Crippen molar-refractivity contribution in [2.75, 3.05) is 6.54 Å². The SMILES string of the molecule is N#CCCN1C(=O)S/C(=C/c2cccc(Br)c2)C1=O. The van der Waals surface area contributed by atoms with Crippen LogP contribution in [0.25, 0.3) is 6.08 Å². The van der Waals surface area contributed by atoms with E-state index < -0.39 is 0 Å². The van der Waals surface area contributed by atoms with Crippen molar-refractivity contribution in [2.45, 2.75) is 6.42 Å². The highest BCUT2D eigenvalue weighted by molar-refractivity contribution is 9.10. The molecular weight excluding hydrogens is 328 g/mol. The number of imide groups is 1. The number of nitrogens with zero attached hydrogens (tertiary/aromatic N) is 2. The van der Waals surface area contributed by atoms with Crippen LogP contribution in [-0.2, 0) is 4.79 Å². The van der Waals surface area contributed by atoms with Gasteiger partial charge in [0.2, 0.25) is 0 Å². The van der Waals surface area contributed by atoms with E-state index in [0.717, 1.165) is 26.7 Å². The number of halogens is 1. The largest absolute Gasteiger partial charge is 0.293 e. The first-order valence-electron chi connectivity index (χ1n) is 5.49. The first kappa shape index (κ1) is 13.8. The van der Waals surface area contributed by atoms with Crippen molar-refractivity contribution in [3.63, 3.8) is 0 Å². The van der Waals surface area contributed by atoms with Crippen LogP contribution in [0.2, 0.25) is 0 Å². The normalized spacial score (nSPS) is 17.1. The zero-order valence-corrected chi connectivity index (χ0v) is 12.2. The van der Waals surface area contributed by atoms with Crippen LogP contribution in [0.5, 0.6) is 0 Å². The Labute approximate surface area is 123 Å². The molecule has 1 fully saturated rings. The number of hydrogen-bond donors (Lipinski definition) is 0. The average molecular weight is 337 g/mol. The fourth-order valence-corrected chi connectivity index (χ4v) is 2.88. The maximum Gasteiger partial charge on any atom is 0.293 e. The molecule has 2 amide bonds. The van der Waals surface area contributed by atoms with Gasteiger partial charge in [-0.05, 0) is 35.5 Å². The Morgan fingerprint density at radius 1 is 1.42 bits per heavy atom. The Morgan fingerprint density at radius 3 is 2.89 bits per heavy atom. The molecule has 0 bridgehead atoms. The lowest BCUT2D eigenvalue weighted by molar-refractivity contribution is -0.122. The summed E-state index contributed by atoms with van der Waals surface area (Å²) in [5, 5.41) is 8.19. The molecule has 0 aliphatic carbocycles. The first-order valence-corrected chi connectivity index (χ1v) is 7.10. The molecule has 1 aromatic rings. The van der Waals surface area contributed by atoms with E-state index in [0.29, 0.717) is 4.91 Å². The highest BCUT2D eigenvalue weighted by Gasteiger charge is 2.34. The summed E-state index contributed by atoms with van der Waals surface area (Å²) in [4.78, 5) is 25.2. The third kappa shape index (κ3) is 3.25. The van der Waals surface area contributed by atoms with Gasteiger partial charge in [0.1, 0.15) is 0 Å². The molecule has 1 aliphatic rings. The molecule has 1 heterocycles. The van der Waals surface area contributed by atoms with Crippen LogP contribution >= 0.6 is 27.7 Å². The summed E-state index contributed by atoms with van der Waals surface area (Å²) in [6.07, 6.45) is 1.84. The van der Waals surface area contributed by atoms with Crippen LogP contribution in [0.1, 0.15) is 12.0 Å². The van der Waals surface area contributed by atoms with Gasteiger partial charge in [-0.15, -0.1) is 0 Å². The van der Waals surface area contributed by atoms with Crippen LogP contribution in [0.4, 0.5) is 4.79 Å². The van der Waals surface area contributed by atoms with Crippen LogP contribution in [0.15, 0.2) is 33.6 Å². The van der Waals surface area contributed by atoms with Crippen LogP contribution < -0.4 is 0 Å². The Hall–Kier alpha value is -1.58. The smallest absolute Gasteiger partial charge is 0.268 e. The molecule has 1 saturated heterocycles. The predicted octanol–water partition coefficient (Wildman–Crippen LogP) is 3.40. The minimum Gasteiger partial charge on any atom is -0.268 e. The van der Waals surface area contributed by atoms with Gasteiger partial charge < -0.3 is 0 Å². The van der Waals surface area contributed by atoms with E-state index in [1.807, 2.05) is 30.3 Å². The molecule has 0 saturated carbocycles. The van der Waals surface area contributed by atoms with Crippen molar-refractivity contribution in [2.24, 2.45) is 0 Å². The summed E-state index contributed by atoms with van der Waals surface area (Å²) in [5.41, 5.74) is 0.847. The van der Waals surface area contributed by atoms with Crippen molar-refractivity contribution in [1.82, 2.24) is 4.90 Å². The molecule has 0 N–H and O–H groups in total. The van der Waals surface area contributed by atoms with E-state index in [4.69, 9.17) is 5.26 Å². The van der Waals surface area contributed by atoms with Crippen molar-refractivity contribution >= 4 is 44.9 Å². The second-order valence-corrected chi connectivity index (χ2v) is 5.71. The minimum absolute atomic E-state index is 0.150. The number of amides is 2. The second-order valence-electron chi connectivity index (χ2n) is 3.80. The summed E-state index contributed by atoms with van der Waals surface area (Å²) in [5.74, 6) is -0.328. The number of carbonyl (C=O) groups is 2. The van der Waals surface area contributed by atoms with Crippen LogP contribution in [-0.4, -0.2) is 22.6 Å². The maximum absolute atomic E-state index is 12.0. The highest BCUT2D eigenvalue weighted by Crippen LogP contribution is 2.32. The maximum atomic E-state index is 12.0. The Bertz CT molecular complexity index is 607. The Balaban J connectivity index is 2.21. The average Bonchev–Trinajstić information content (AvgIpc) is 2.62. The molecule has 0 aromatic heterocycles. The summed E-state index contributed by atoms with van der Waals surface area (Å²) < 4.78 is 0.907. The highest BCUT2D eigenvalue weighted by atomic mass is 79.9. The van der Waals surface area contributed by atoms with Crippen molar-refractivity contribution in [1.29, 1.82) is 5.26 Å². The van der Waals surface area contributed by atoms with Gasteiger partial charge in [0, 0.05) is 11.0 Å². The van der Waals surface area contributed by atoms with Crippen molar-refractivity contribution in [3.8, 4) is 6.07 Å². The third-order valence-corrected chi connectivity index (χ3v) is 3.87. The Kier molecular flexibility index (Phi) is 4.40. The molecule has 0 radical (unpaired) electrons. The molecule has 1 aliphatic heterocycles. The quantitative estimate of drug-likeness (QED) is 0.793. The fourth-order valence-electron chi connectivity index (χ4n) is 1.60. The van der Waals surface area contributed by atoms with Gasteiger partial charge >= 0.3 is 0 Å². The van der Waals surface area contributed by atoms with Crippen molar-refractivity contribution in [3.05, 3.63) is 39.2 Å².